The van der Waals surface area contributed by atoms with E-state index in [-0.39, 0.29) is 5.56 Å². The van der Waals surface area contributed by atoms with E-state index in [1.54, 1.807) is 6.07 Å². The van der Waals surface area contributed by atoms with Crippen LogP contribution in [0, 0.1) is 0 Å². The van der Waals surface area contributed by atoms with Gasteiger partial charge in [0, 0.05) is 18.0 Å². The van der Waals surface area contributed by atoms with E-state index in [4.69, 9.17) is 0 Å². The van der Waals surface area contributed by atoms with Crippen molar-refractivity contribution in [2.24, 2.45) is 0 Å². The largest absolute Gasteiger partial charge is 0.367 e. The molecule has 74 valence electrons. The molecule has 14 heavy (non-hydrogen) atoms. The maximum absolute atomic E-state index is 11.3. The number of nitrogens with one attached hydrogen (secondary N) is 2. The van der Waals surface area contributed by atoms with Gasteiger partial charge in [0.2, 0.25) is 0 Å². The first kappa shape index (κ1) is 8.03. The molecule has 0 aromatic carbocycles. The number of rotatable bonds is 3. The Balaban J connectivity index is 1.89. The van der Waals surface area contributed by atoms with Gasteiger partial charge in [0.25, 0.3) is 5.56 Å². The molecular weight excluding hydrogens is 178 g/mol. The summed E-state index contributed by atoms with van der Waals surface area (Å²) in [5.74, 6) is 2.11. The van der Waals surface area contributed by atoms with Gasteiger partial charge in [-0.2, -0.15) is 0 Å². The molecule has 0 bridgehead atoms. The van der Waals surface area contributed by atoms with E-state index in [0.29, 0.717) is 12.0 Å². The summed E-state index contributed by atoms with van der Waals surface area (Å²) >= 11 is 0. The second kappa shape index (κ2) is 2.83. The molecule has 0 radical (unpaired) electrons. The summed E-state index contributed by atoms with van der Waals surface area (Å²) in [7, 11) is 0. The van der Waals surface area contributed by atoms with E-state index in [0.717, 1.165) is 24.5 Å². The fraction of sp³-hybridized carbons (Fsp3) is 0.600. The molecule has 2 saturated carbocycles. The zero-order valence-corrected chi connectivity index (χ0v) is 7.92. The number of hydrogen-bond acceptors (Lipinski definition) is 3. The van der Waals surface area contributed by atoms with Crippen LogP contribution in [0.25, 0.3) is 0 Å². The molecule has 4 heteroatoms. The lowest BCUT2D eigenvalue weighted by Crippen LogP contribution is -2.14. The Morgan fingerprint density at radius 2 is 2.14 bits per heavy atom. The molecule has 2 aliphatic carbocycles. The maximum atomic E-state index is 11.3. The van der Waals surface area contributed by atoms with Crippen molar-refractivity contribution >= 4 is 5.82 Å². The van der Waals surface area contributed by atoms with Gasteiger partial charge in [-0.15, -0.1) is 0 Å². The van der Waals surface area contributed by atoms with Crippen molar-refractivity contribution in [1.82, 2.24) is 9.97 Å². The Hall–Kier alpha value is -1.32. The molecule has 0 amide bonds. The molecule has 1 aromatic rings. The Labute approximate surface area is 81.8 Å². The SMILES string of the molecule is O=c1cc(NC2CC2)nc(C2CC2)[nH]1. The number of nitrogens with zero attached hydrogens (tertiary/aromatic N) is 1. The van der Waals surface area contributed by atoms with Gasteiger partial charge < -0.3 is 10.3 Å². The minimum Gasteiger partial charge on any atom is -0.367 e. The average Bonchev–Trinajstić information content (AvgIpc) is 2.99. The molecule has 0 atom stereocenters. The summed E-state index contributed by atoms with van der Waals surface area (Å²) in [4.78, 5) is 18.5. The molecule has 4 nitrogen and oxygen atoms in total. The van der Waals surface area contributed by atoms with Crippen LogP contribution >= 0.6 is 0 Å². The van der Waals surface area contributed by atoms with Crippen molar-refractivity contribution in [1.29, 1.82) is 0 Å². The summed E-state index contributed by atoms with van der Waals surface area (Å²) in [5, 5.41) is 3.25. The van der Waals surface area contributed by atoms with E-state index in [1.807, 2.05) is 0 Å². The smallest absolute Gasteiger partial charge is 0.252 e. The van der Waals surface area contributed by atoms with Gasteiger partial charge in [0.15, 0.2) is 0 Å². The standard InChI is InChI=1S/C10H13N3O/c14-9-5-8(11-7-3-4-7)12-10(13-9)6-1-2-6/h5-7H,1-4H2,(H2,11,12,13,14). The number of anilines is 1. The van der Waals surface area contributed by atoms with E-state index in [1.165, 1.54) is 12.8 Å². The van der Waals surface area contributed by atoms with Crippen LogP contribution < -0.4 is 10.9 Å². The maximum Gasteiger partial charge on any atom is 0.252 e. The normalized spacial score (nSPS) is 20.9. The van der Waals surface area contributed by atoms with Crippen molar-refractivity contribution in [3.05, 3.63) is 22.2 Å². The van der Waals surface area contributed by atoms with Crippen LogP contribution in [0.1, 0.15) is 37.4 Å². The summed E-state index contributed by atoms with van der Waals surface area (Å²) < 4.78 is 0. The lowest BCUT2D eigenvalue weighted by molar-refractivity contribution is 0.903. The molecular formula is C10H13N3O. The van der Waals surface area contributed by atoms with E-state index in [2.05, 4.69) is 15.3 Å². The van der Waals surface area contributed by atoms with Crippen LogP contribution in [0.5, 0.6) is 0 Å². The summed E-state index contributed by atoms with van der Waals surface area (Å²) in [6.07, 6.45) is 4.73. The van der Waals surface area contributed by atoms with Gasteiger partial charge in [-0.1, -0.05) is 0 Å². The summed E-state index contributed by atoms with van der Waals surface area (Å²) in [6.45, 7) is 0. The molecule has 0 saturated heterocycles. The first-order valence-corrected chi connectivity index (χ1v) is 5.19. The highest BCUT2D eigenvalue weighted by Crippen LogP contribution is 2.37. The lowest BCUT2D eigenvalue weighted by atomic mass is 10.4. The van der Waals surface area contributed by atoms with Crippen molar-refractivity contribution in [3.8, 4) is 0 Å². The Morgan fingerprint density at radius 1 is 1.36 bits per heavy atom. The van der Waals surface area contributed by atoms with Crippen molar-refractivity contribution in [3.63, 3.8) is 0 Å². The molecule has 1 aromatic heterocycles. The van der Waals surface area contributed by atoms with E-state index >= 15 is 0 Å². The second-order valence-electron chi connectivity index (χ2n) is 4.21. The van der Waals surface area contributed by atoms with Crippen LogP contribution in [0.4, 0.5) is 5.82 Å². The lowest BCUT2D eigenvalue weighted by Gasteiger charge is -2.04. The molecule has 3 rings (SSSR count). The Bertz CT molecular complexity index is 404. The zero-order chi connectivity index (χ0) is 9.54. The molecule has 0 unspecified atom stereocenters. The predicted molar refractivity (Wildman–Crippen MR) is 53.5 cm³/mol. The molecule has 0 aliphatic heterocycles. The highest BCUT2D eigenvalue weighted by Gasteiger charge is 2.27. The minimum atomic E-state index is -0.0370. The highest BCUT2D eigenvalue weighted by atomic mass is 16.1. The minimum absolute atomic E-state index is 0.0370. The highest BCUT2D eigenvalue weighted by molar-refractivity contribution is 5.36. The van der Waals surface area contributed by atoms with Crippen molar-refractivity contribution < 1.29 is 0 Å². The van der Waals surface area contributed by atoms with E-state index < -0.39 is 0 Å². The van der Waals surface area contributed by atoms with Crippen molar-refractivity contribution in [2.45, 2.75) is 37.6 Å². The van der Waals surface area contributed by atoms with Gasteiger partial charge in [0.1, 0.15) is 11.6 Å². The third-order valence-corrected chi connectivity index (χ3v) is 2.65. The fourth-order valence-electron chi connectivity index (χ4n) is 1.54. The molecule has 0 spiro atoms. The van der Waals surface area contributed by atoms with Gasteiger partial charge >= 0.3 is 0 Å². The monoisotopic (exact) mass is 191 g/mol. The topological polar surface area (TPSA) is 57.8 Å². The molecule has 2 aliphatic rings. The fourth-order valence-corrected chi connectivity index (χ4v) is 1.54. The van der Waals surface area contributed by atoms with Gasteiger partial charge in [-0.05, 0) is 25.7 Å². The van der Waals surface area contributed by atoms with Gasteiger partial charge in [-0.3, -0.25) is 4.79 Å². The number of aromatic amines is 1. The van der Waals surface area contributed by atoms with Crippen LogP contribution in [0.3, 0.4) is 0 Å². The summed E-state index contributed by atoms with van der Waals surface area (Å²) in [5.41, 5.74) is -0.0370. The average molecular weight is 191 g/mol. The number of H-pyrrole nitrogens is 1. The molecule has 1 heterocycles. The Kier molecular flexibility index (Phi) is 1.63. The third kappa shape index (κ3) is 1.64. The summed E-state index contributed by atoms with van der Waals surface area (Å²) in [6, 6.07) is 2.10. The van der Waals surface area contributed by atoms with Gasteiger partial charge in [-0.25, -0.2) is 4.98 Å². The number of hydrogen-bond donors (Lipinski definition) is 2. The van der Waals surface area contributed by atoms with Crippen LogP contribution in [0.15, 0.2) is 10.9 Å². The quantitative estimate of drug-likeness (QED) is 0.755. The van der Waals surface area contributed by atoms with Crippen LogP contribution in [-0.4, -0.2) is 16.0 Å². The van der Waals surface area contributed by atoms with Gasteiger partial charge in [0.05, 0.1) is 0 Å². The van der Waals surface area contributed by atoms with Crippen LogP contribution in [-0.2, 0) is 0 Å². The first-order chi connectivity index (χ1) is 6.81. The molecule has 2 fully saturated rings. The van der Waals surface area contributed by atoms with E-state index in [9.17, 15) is 4.79 Å². The number of aromatic nitrogens is 2. The zero-order valence-electron chi connectivity index (χ0n) is 7.92. The third-order valence-electron chi connectivity index (χ3n) is 2.65. The van der Waals surface area contributed by atoms with Crippen molar-refractivity contribution in [2.75, 3.05) is 5.32 Å². The predicted octanol–water partition coefficient (Wildman–Crippen LogP) is 1.22. The second-order valence-corrected chi connectivity index (χ2v) is 4.21. The molecule has 2 N–H and O–H groups in total. The first-order valence-electron chi connectivity index (χ1n) is 5.19. The Morgan fingerprint density at radius 3 is 2.79 bits per heavy atom. The van der Waals surface area contributed by atoms with Crippen LogP contribution in [0.2, 0.25) is 0 Å².